The number of carbonyl (C=O) groups excluding carboxylic acids is 2. The largest absolute Gasteiger partial charge is 0.340 e. The van der Waals surface area contributed by atoms with Gasteiger partial charge in [0, 0.05) is 6.54 Å². The van der Waals surface area contributed by atoms with Crippen LogP contribution in [-0.4, -0.2) is 41.5 Å². The highest BCUT2D eigenvalue weighted by Crippen LogP contribution is 2.39. The van der Waals surface area contributed by atoms with E-state index in [9.17, 15) is 14.0 Å². The van der Waals surface area contributed by atoms with Crippen molar-refractivity contribution in [2.45, 2.75) is 57.5 Å². The Bertz CT molecular complexity index is 364. The molecule has 1 unspecified atom stereocenters. The molecule has 108 valence electrons. The van der Waals surface area contributed by atoms with Crippen molar-refractivity contribution in [3.63, 3.8) is 0 Å². The molecule has 0 spiro atoms. The van der Waals surface area contributed by atoms with Crippen LogP contribution in [0.5, 0.6) is 0 Å². The number of rotatable bonds is 6. The minimum absolute atomic E-state index is 0.0255. The van der Waals surface area contributed by atoms with Gasteiger partial charge in [-0.1, -0.05) is 13.8 Å². The zero-order valence-corrected chi connectivity index (χ0v) is 11.7. The molecule has 4 nitrogen and oxygen atoms in total. The van der Waals surface area contributed by atoms with Crippen molar-refractivity contribution in [1.82, 2.24) is 10.2 Å². The Morgan fingerprint density at radius 2 is 1.95 bits per heavy atom. The topological polar surface area (TPSA) is 49.4 Å². The molecule has 0 aromatic rings. The molecule has 1 N–H and O–H groups in total. The molecule has 2 amide bonds. The fourth-order valence-corrected chi connectivity index (χ4v) is 2.99. The van der Waals surface area contributed by atoms with E-state index in [-0.39, 0.29) is 23.8 Å². The Morgan fingerprint density at radius 3 is 2.42 bits per heavy atom. The molecule has 0 aromatic carbocycles. The van der Waals surface area contributed by atoms with E-state index in [1.54, 1.807) is 4.90 Å². The van der Waals surface area contributed by atoms with Crippen molar-refractivity contribution in [3.8, 4) is 0 Å². The summed E-state index contributed by atoms with van der Waals surface area (Å²) in [5.41, 5.74) is -0.779. The van der Waals surface area contributed by atoms with Gasteiger partial charge in [-0.25, -0.2) is 0 Å². The van der Waals surface area contributed by atoms with E-state index in [2.05, 4.69) is 5.32 Å². The lowest BCUT2D eigenvalue weighted by atomic mass is 9.86. The van der Waals surface area contributed by atoms with Crippen LogP contribution >= 0.6 is 0 Å². The van der Waals surface area contributed by atoms with Gasteiger partial charge in [0.2, 0.25) is 11.8 Å². The standard InChI is InChI=1S/C14H23FN2O2/c1-3-14(4-2)13(19)17(9-5-8-15)11(10-6-7-10)12(18)16-14/h10-11H,3-9H2,1-2H3,(H,16,18). The first-order valence-corrected chi connectivity index (χ1v) is 7.28. The molecule has 1 saturated heterocycles. The Morgan fingerprint density at radius 1 is 1.32 bits per heavy atom. The first kappa shape index (κ1) is 14.3. The third-order valence-corrected chi connectivity index (χ3v) is 4.45. The first-order chi connectivity index (χ1) is 9.09. The van der Waals surface area contributed by atoms with Gasteiger partial charge in [-0.3, -0.25) is 14.0 Å². The highest BCUT2D eigenvalue weighted by Gasteiger charge is 2.52. The van der Waals surface area contributed by atoms with Crippen molar-refractivity contribution >= 4 is 11.8 Å². The van der Waals surface area contributed by atoms with Crippen molar-refractivity contribution in [1.29, 1.82) is 0 Å². The normalized spacial score (nSPS) is 26.5. The van der Waals surface area contributed by atoms with Crippen LogP contribution in [0.4, 0.5) is 4.39 Å². The predicted molar refractivity (Wildman–Crippen MR) is 70.3 cm³/mol. The number of hydrogen-bond acceptors (Lipinski definition) is 2. The molecule has 1 atom stereocenters. The van der Waals surface area contributed by atoms with Crippen molar-refractivity contribution < 1.29 is 14.0 Å². The van der Waals surface area contributed by atoms with Crippen molar-refractivity contribution in [3.05, 3.63) is 0 Å². The summed E-state index contributed by atoms with van der Waals surface area (Å²) in [5.74, 6) is 0.197. The monoisotopic (exact) mass is 270 g/mol. The zero-order chi connectivity index (χ0) is 14.0. The molecule has 1 saturated carbocycles. The van der Waals surface area contributed by atoms with Crippen molar-refractivity contribution in [2.24, 2.45) is 5.92 Å². The lowest BCUT2D eigenvalue weighted by Crippen LogP contribution is -2.70. The molecule has 1 aliphatic heterocycles. The summed E-state index contributed by atoms with van der Waals surface area (Å²) in [6, 6.07) is -0.370. The molecule has 2 fully saturated rings. The van der Waals surface area contributed by atoms with Crippen LogP contribution in [-0.2, 0) is 9.59 Å². The Kier molecular flexibility index (Phi) is 4.11. The Balaban J connectivity index is 2.24. The quantitative estimate of drug-likeness (QED) is 0.797. The van der Waals surface area contributed by atoms with Gasteiger partial charge in [0.1, 0.15) is 11.6 Å². The summed E-state index contributed by atoms with van der Waals surface area (Å²) < 4.78 is 12.4. The molecule has 0 aromatic heterocycles. The van der Waals surface area contributed by atoms with Crippen LogP contribution in [0.3, 0.4) is 0 Å². The summed E-state index contributed by atoms with van der Waals surface area (Å²) in [6.45, 7) is 3.72. The smallest absolute Gasteiger partial charge is 0.248 e. The number of amides is 2. The molecular formula is C14H23FN2O2. The van der Waals surface area contributed by atoms with E-state index >= 15 is 0 Å². The van der Waals surface area contributed by atoms with Gasteiger partial charge < -0.3 is 10.2 Å². The average Bonchev–Trinajstić information content (AvgIpc) is 3.23. The number of carbonyl (C=O) groups is 2. The lowest BCUT2D eigenvalue weighted by molar-refractivity contribution is -0.156. The number of halogens is 1. The fourth-order valence-electron chi connectivity index (χ4n) is 2.99. The van der Waals surface area contributed by atoms with Gasteiger partial charge in [0.15, 0.2) is 0 Å². The molecule has 5 heteroatoms. The van der Waals surface area contributed by atoms with Crippen LogP contribution in [0.1, 0.15) is 46.0 Å². The summed E-state index contributed by atoms with van der Waals surface area (Å²) in [5, 5.41) is 2.93. The van der Waals surface area contributed by atoms with Gasteiger partial charge in [0.25, 0.3) is 0 Å². The van der Waals surface area contributed by atoms with Gasteiger partial charge in [-0.15, -0.1) is 0 Å². The highest BCUT2D eigenvalue weighted by molar-refractivity contribution is 6.00. The number of nitrogens with zero attached hydrogens (tertiary/aromatic N) is 1. The van der Waals surface area contributed by atoms with E-state index in [1.165, 1.54) is 0 Å². The van der Waals surface area contributed by atoms with Crippen LogP contribution in [0.2, 0.25) is 0 Å². The molecule has 19 heavy (non-hydrogen) atoms. The molecule has 0 radical (unpaired) electrons. The zero-order valence-electron chi connectivity index (χ0n) is 11.7. The van der Waals surface area contributed by atoms with Crippen molar-refractivity contribution in [2.75, 3.05) is 13.2 Å². The van der Waals surface area contributed by atoms with Gasteiger partial charge in [0.05, 0.1) is 6.67 Å². The third kappa shape index (κ3) is 2.47. The number of nitrogens with one attached hydrogen (secondary N) is 1. The summed E-state index contributed by atoms with van der Waals surface area (Å²) >= 11 is 0. The maximum absolute atomic E-state index is 12.7. The van der Waals surface area contributed by atoms with Crippen LogP contribution in [0, 0.1) is 5.92 Å². The van der Waals surface area contributed by atoms with Gasteiger partial charge >= 0.3 is 0 Å². The van der Waals surface area contributed by atoms with E-state index in [1.807, 2.05) is 13.8 Å². The first-order valence-electron chi connectivity index (χ1n) is 7.28. The second kappa shape index (κ2) is 5.47. The molecule has 0 bridgehead atoms. The van der Waals surface area contributed by atoms with E-state index in [0.717, 1.165) is 12.8 Å². The average molecular weight is 270 g/mol. The summed E-state index contributed by atoms with van der Waals surface area (Å²) in [6.07, 6.45) is 3.45. The molecular weight excluding hydrogens is 247 g/mol. The summed E-state index contributed by atoms with van der Waals surface area (Å²) in [4.78, 5) is 26.7. The molecule has 1 aliphatic carbocycles. The fraction of sp³-hybridized carbons (Fsp3) is 0.857. The Hall–Kier alpha value is -1.13. The summed E-state index contributed by atoms with van der Waals surface area (Å²) in [7, 11) is 0. The minimum Gasteiger partial charge on any atom is -0.340 e. The van der Waals surface area contributed by atoms with Crippen LogP contribution in [0.25, 0.3) is 0 Å². The second-order valence-electron chi connectivity index (χ2n) is 5.60. The molecule has 2 aliphatic rings. The third-order valence-electron chi connectivity index (χ3n) is 4.45. The predicted octanol–water partition coefficient (Wildman–Crippen LogP) is 1.64. The SMILES string of the molecule is CCC1(CC)NC(=O)C(C2CC2)N(CCCF)C1=O. The molecule has 1 heterocycles. The molecule has 2 rings (SSSR count). The maximum Gasteiger partial charge on any atom is 0.248 e. The number of hydrogen-bond donors (Lipinski definition) is 1. The van der Waals surface area contributed by atoms with E-state index < -0.39 is 12.2 Å². The number of alkyl halides is 1. The van der Waals surface area contributed by atoms with E-state index in [0.29, 0.717) is 25.8 Å². The Labute approximate surface area is 113 Å². The van der Waals surface area contributed by atoms with Gasteiger partial charge in [-0.2, -0.15) is 0 Å². The maximum atomic E-state index is 12.7. The highest BCUT2D eigenvalue weighted by atomic mass is 19.1. The van der Waals surface area contributed by atoms with E-state index in [4.69, 9.17) is 0 Å². The second-order valence-corrected chi connectivity index (χ2v) is 5.60. The number of piperazine rings is 1. The van der Waals surface area contributed by atoms with Crippen LogP contribution in [0.15, 0.2) is 0 Å². The lowest BCUT2D eigenvalue weighted by Gasteiger charge is -2.45. The van der Waals surface area contributed by atoms with Gasteiger partial charge in [-0.05, 0) is 38.0 Å². The minimum atomic E-state index is -0.779. The van der Waals surface area contributed by atoms with Crippen LogP contribution < -0.4 is 5.32 Å².